The predicted octanol–water partition coefficient (Wildman–Crippen LogP) is 2.33. The number of rotatable bonds is 6. The van der Waals surface area contributed by atoms with Gasteiger partial charge in [-0.25, -0.2) is 0 Å². The van der Waals surface area contributed by atoms with Crippen molar-refractivity contribution in [3.05, 3.63) is 36.0 Å². The van der Waals surface area contributed by atoms with E-state index in [-0.39, 0.29) is 11.7 Å². The average Bonchev–Trinajstić information content (AvgIpc) is 2.56. The molecule has 2 rings (SSSR count). The number of phenolic OH excluding ortho intramolecular Hbond substituents is 1. The number of hydrogen-bond acceptors (Lipinski definition) is 5. The van der Waals surface area contributed by atoms with Crippen LogP contribution >= 0.6 is 0 Å². The van der Waals surface area contributed by atoms with E-state index in [1.54, 1.807) is 26.1 Å². The number of carbonyl (C=O) groups is 1. The minimum absolute atomic E-state index is 0.131. The summed E-state index contributed by atoms with van der Waals surface area (Å²) in [6.45, 7) is 4.67. The second kappa shape index (κ2) is 7.61. The molecule has 5 nitrogen and oxygen atoms in total. The fourth-order valence-corrected chi connectivity index (χ4v) is 2.43. The van der Waals surface area contributed by atoms with E-state index in [9.17, 15) is 9.90 Å². The normalized spacial score (nSPS) is 12.1. The lowest BCUT2D eigenvalue weighted by molar-refractivity contribution is -0.148. The number of aromatic nitrogens is 1. The average molecular weight is 312 g/mol. The Hall–Kier alpha value is -2.58. The summed E-state index contributed by atoms with van der Waals surface area (Å²) in [6, 6.07) is 6.67. The molecule has 0 amide bonds. The molecule has 0 saturated heterocycles. The van der Waals surface area contributed by atoms with Crippen molar-refractivity contribution in [1.29, 1.82) is 0 Å². The number of carbonyl (C=O) groups excluding carboxylic acids is 1. The van der Waals surface area contributed by atoms with E-state index in [1.165, 1.54) is 0 Å². The van der Waals surface area contributed by atoms with Crippen LogP contribution < -0.4 is 0 Å². The number of ether oxygens (including phenoxy) is 1. The maximum Gasteiger partial charge on any atom is 0.323 e. The smallest absolute Gasteiger partial charge is 0.323 e. The van der Waals surface area contributed by atoms with Gasteiger partial charge in [-0.2, -0.15) is 0 Å². The molecule has 1 unspecified atom stereocenters. The molecule has 0 saturated carbocycles. The minimum atomic E-state index is -0.452. The summed E-state index contributed by atoms with van der Waals surface area (Å²) >= 11 is 0. The van der Waals surface area contributed by atoms with Crippen molar-refractivity contribution in [1.82, 2.24) is 9.88 Å². The summed E-state index contributed by atoms with van der Waals surface area (Å²) in [5.41, 5.74) is 1.48. The first-order valence-electron chi connectivity index (χ1n) is 7.48. The molecule has 0 radical (unpaired) electrons. The van der Waals surface area contributed by atoms with Crippen LogP contribution in [-0.4, -0.2) is 40.2 Å². The van der Waals surface area contributed by atoms with E-state index >= 15 is 0 Å². The first-order valence-corrected chi connectivity index (χ1v) is 7.48. The summed E-state index contributed by atoms with van der Waals surface area (Å²) in [4.78, 5) is 18.0. The highest BCUT2D eigenvalue weighted by Crippen LogP contribution is 2.26. The maximum absolute atomic E-state index is 12.0. The molecule has 1 aromatic heterocycles. The van der Waals surface area contributed by atoms with Gasteiger partial charge in [0.2, 0.25) is 0 Å². The molecular weight excluding hydrogens is 292 g/mol. The molecule has 0 fully saturated rings. The van der Waals surface area contributed by atoms with Crippen LogP contribution in [-0.2, 0) is 16.1 Å². The van der Waals surface area contributed by atoms with Crippen molar-refractivity contribution in [2.45, 2.75) is 26.4 Å². The Balaban J connectivity index is 2.32. The van der Waals surface area contributed by atoms with Crippen LogP contribution in [0, 0.1) is 12.3 Å². The Labute approximate surface area is 135 Å². The maximum atomic E-state index is 12.0. The Morgan fingerprint density at radius 1 is 1.48 bits per heavy atom. The van der Waals surface area contributed by atoms with Gasteiger partial charge in [0.1, 0.15) is 17.3 Å². The summed E-state index contributed by atoms with van der Waals surface area (Å²) in [5, 5.41) is 10.8. The van der Waals surface area contributed by atoms with Crippen molar-refractivity contribution in [2.24, 2.45) is 0 Å². The Morgan fingerprint density at radius 3 is 2.96 bits per heavy atom. The number of phenols is 1. The lowest BCUT2D eigenvalue weighted by Crippen LogP contribution is -2.39. The highest BCUT2D eigenvalue weighted by Gasteiger charge is 2.22. The van der Waals surface area contributed by atoms with Crippen molar-refractivity contribution in [2.75, 3.05) is 13.2 Å². The van der Waals surface area contributed by atoms with Gasteiger partial charge in [-0.05, 0) is 31.5 Å². The molecule has 0 aliphatic carbocycles. The van der Waals surface area contributed by atoms with Crippen LogP contribution in [0.4, 0.5) is 0 Å². The standard InChI is InChI=1S/C18H20N2O3/c1-4-11-20(13(3)18(22)23-5-2)12-14-8-9-16(21)17-15(14)7-6-10-19-17/h1,6-10,13,21H,5,11-12H2,2-3H3. The van der Waals surface area contributed by atoms with E-state index in [2.05, 4.69) is 10.9 Å². The highest BCUT2D eigenvalue weighted by molar-refractivity contribution is 5.87. The number of pyridine rings is 1. The van der Waals surface area contributed by atoms with Gasteiger partial charge >= 0.3 is 5.97 Å². The number of nitrogens with zero attached hydrogens (tertiary/aromatic N) is 2. The molecule has 120 valence electrons. The number of esters is 1. The Kier molecular flexibility index (Phi) is 5.56. The molecule has 0 spiro atoms. The molecule has 0 aliphatic heterocycles. The molecule has 1 heterocycles. The third kappa shape index (κ3) is 3.79. The zero-order valence-electron chi connectivity index (χ0n) is 13.3. The molecule has 1 N–H and O–H groups in total. The van der Waals surface area contributed by atoms with Crippen molar-refractivity contribution in [3.8, 4) is 18.1 Å². The van der Waals surface area contributed by atoms with Crippen LogP contribution in [0.15, 0.2) is 30.5 Å². The van der Waals surface area contributed by atoms with Gasteiger partial charge in [0, 0.05) is 18.1 Å². The Bertz CT molecular complexity index is 737. The molecule has 0 bridgehead atoms. The number of terminal acetylenes is 1. The molecular formula is C18H20N2O3. The lowest BCUT2D eigenvalue weighted by atomic mass is 10.1. The van der Waals surface area contributed by atoms with Gasteiger partial charge in [-0.1, -0.05) is 18.1 Å². The molecule has 5 heteroatoms. The quantitative estimate of drug-likeness (QED) is 0.655. The van der Waals surface area contributed by atoms with E-state index in [0.29, 0.717) is 25.2 Å². The first-order chi connectivity index (χ1) is 11.1. The SMILES string of the molecule is C#CCN(Cc1ccc(O)c2ncccc12)C(C)C(=O)OCC. The van der Waals surface area contributed by atoms with Crippen molar-refractivity contribution in [3.63, 3.8) is 0 Å². The summed E-state index contributed by atoms with van der Waals surface area (Å²) in [5.74, 6) is 2.41. The molecule has 2 aromatic rings. The Morgan fingerprint density at radius 2 is 2.26 bits per heavy atom. The molecule has 0 aliphatic rings. The van der Waals surface area contributed by atoms with Crippen LogP contribution in [0.5, 0.6) is 5.75 Å². The second-order valence-corrected chi connectivity index (χ2v) is 5.18. The highest BCUT2D eigenvalue weighted by atomic mass is 16.5. The van der Waals surface area contributed by atoms with E-state index < -0.39 is 6.04 Å². The third-order valence-corrected chi connectivity index (χ3v) is 3.68. The van der Waals surface area contributed by atoms with Crippen LogP contribution in [0.2, 0.25) is 0 Å². The summed E-state index contributed by atoms with van der Waals surface area (Å²) < 4.78 is 5.07. The number of fused-ring (bicyclic) bond motifs is 1. The fourth-order valence-electron chi connectivity index (χ4n) is 2.43. The van der Waals surface area contributed by atoms with Crippen LogP contribution in [0.25, 0.3) is 10.9 Å². The van der Waals surface area contributed by atoms with Gasteiger partial charge in [0.05, 0.1) is 13.2 Å². The van der Waals surface area contributed by atoms with E-state index in [4.69, 9.17) is 11.2 Å². The fraction of sp³-hybridized carbons (Fsp3) is 0.333. The van der Waals surface area contributed by atoms with Crippen LogP contribution in [0.1, 0.15) is 19.4 Å². The summed E-state index contributed by atoms with van der Waals surface area (Å²) in [7, 11) is 0. The largest absolute Gasteiger partial charge is 0.506 e. The van der Waals surface area contributed by atoms with Crippen molar-refractivity contribution >= 4 is 16.9 Å². The zero-order chi connectivity index (χ0) is 16.8. The number of aromatic hydroxyl groups is 1. The lowest BCUT2D eigenvalue weighted by Gasteiger charge is -2.26. The second-order valence-electron chi connectivity index (χ2n) is 5.18. The molecule has 1 atom stereocenters. The van der Waals surface area contributed by atoms with Crippen molar-refractivity contribution < 1.29 is 14.6 Å². The van der Waals surface area contributed by atoms with E-state index in [0.717, 1.165) is 10.9 Å². The van der Waals surface area contributed by atoms with Gasteiger partial charge in [0.25, 0.3) is 0 Å². The predicted molar refractivity (Wildman–Crippen MR) is 88.7 cm³/mol. The number of hydrogen-bond donors (Lipinski definition) is 1. The number of benzene rings is 1. The van der Waals surface area contributed by atoms with Gasteiger partial charge in [-0.3, -0.25) is 14.7 Å². The van der Waals surface area contributed by atoms with E-state index in [1.807, 2.05) is 23.1 Å². The molecule has 23 heavy (non-hydrogen) atoms. The summed E-state index contributed by atoms with van der Waals surface area (Å²) in [6.07, 6.45) is 7.07. The van der Waals surface area contributed by atoms with Gasteiger partial charge in [0.15, 0.2) is 0 Å². The van der Waals surface area contributed by atoms with Crippen LogP contribution in [0.3, 0.4) is 0 Å². The molecule has 1 aromatic carbocycles. The monoisotopic (exact) mass is 312 g/mol. The topological polar surface area (TPSA) is 62.7 Å². The van der Waals surface area contributed by atoms with Gasteiger partial charge < -0.3 is 9.84 Å². The first kappa shape index (κ1) is 16.8. The minimum Gasteiger partial charge on any atom is -0.506 e. The zero-order valence-corrected chi connectivity index (χ0v) is 13.3. The van der Waals surface area contributed by atoms with Gasteiger partial charge in [-0.15, -0.1) is 6.42 Å². The third-order valence-electron chi connectivity index (χ3n) is 3.68.